The zero-order valence-corrected chi connectivity index (χ0v) is 8.81. The molecule has 0 aromatic rings. The monoisotopic (exact) mass is 180 g/mol. The summed E-state index contributed by atoms with van der Waals surface area (Å²) in [7, 11) is 0. The molecule has 1 aliphatic rings. The first-order valence-corrected chi connectivity index (χ1v) is 5.36. The number of hydrogen-bond acceptors (Lipinski definition) is 1. The molecule has 1 heteroatoms. The van der Waals surface area contributed by atoms with Crippen LogP contribution in [0.25, 0.3) is 0 Å². The fraction of sp³-hybridized carbons (Fsp3) is 0.750. The quantitative estimate of drug-likeness (QED) is 0.451. The summed E-state index contributed by atoms with van der Waals surface area (Å²) in [4.78, 5) is 11.3. The molecule has 0 unspecified atom stereocenters. The molecule has 0 N–H and O–H groups in total. The first-order valence-electron chi connectivity index (χ1n) is 5.36. The van der Waals surface area contributed by atoms with Crippen molar-refractivity contribution in [3.05, 3.63) is 11.6 Å². The van der Waals surface area contributed by atoms with E-state index in [0.29, 0.717) is 11.7 Å². The molecule has 0 aromatic heterocycles. The molecule has 0 amide bonds. The number of Topliss-reactive ketones (excluding diaryl/α,β-unsaturated/α-hetero) is 1. The van der Waals surface area contributed by atoms with Gasteiger partial charge in [-0.1, -0.05) is 11.6 Å². The van der Waals surface area contributed by atoms with Crippen molar-refractivity contribution in [1.29, 1.82) is 0 Å². The Hall–Kier alpha value is -0.590. The first-order chi connectivity index (χ1) is 6.20. The molecule has 1 fully saturated rings. The van der Waals surface area contributed by atoms with E-state index in [4.69, 9.17) is 0 Å². The van der Waals surface area contributed by atoms with E-state index in [0.717, 1.165) is 32.1 Å². The summed E-state index contributed by atoms with van der Waals surface area (Å²) >= 11 is 0. The van der Waals surface area contributed by atoms with E-state index < -0.39 is 0 Å². The Morgan fingerprint density at radius 2 is 2.00 bits per heavy atom. The van der Waals surface area contributed by atoms with Gasteiger partial charge in [0.1, 0.15) is 5.78 Å². The normalized spacial score (nSPS) is 15.5. The fourth-order valence-electron chi connectivity index (χ4n) is 1.44. The Bertz CT molecular complexity index is 195. The predicted molar refractivity (Wildman–Crippen MR) is 55.6 cm³/mol. The van der Waals surface area contributed by atoms with Crippen molar-refractivity contribution in [1.82, 2.24) is 0 Å². The topological polar surface area (TPSA) is 17.1 Å². The Kier molecular flexibility index (Phi) is 4.20. The van der Waals surface area contributed by atoms with E-state index in [1.165, 1.54) is 12.0 Å². The minimum Gasteiger partial charge on any atom is -0.299 e. The lowest BCUT2D eigenvalue weighted by Gasteiger charge is -1.97. The Balaban J connectivity index is 1.94. The minimum atomic E-state index is 0.462. The van der Waals surface area contributed by atoms with Crippen LogP contribution in [0.2, 0.25) is 0 Å². The van der Waals surface area contributed by atoms with Gasteiger partial charge in [-0.15, -0.1) is 0 Å². The van der Waals surface area contributed by atoms with Gasteiger partial charge in [0.25, 0.3) is 0 Å². The molecule has 0 radical (unpaired) electrons. The number of carbonyl (C=O) groups is 1. The lowest BCUT2D eigenvalue weighted by Crippen LogP contribution is -1.99. The summed E-state index contributed by atoms with van der Waals surface area (Å²) in [5, 5.41) is 0. The number of ketones is 1. The zero-order valence-electron chi connectivity index (χ0n) is 8.81. The van der Waals surface area contributed by atoms with Crippen LogP contribution in [0.3, 0.4) is 0 Å². The molecule has 1 nitrogen and oxygen atoms in total. The smallest absolute Gasteiger partial charge is 0.135 e. The van der Waals surface area contributed by atoms with Crippen molar-refractivity contribution >= 4 is 5.78 Å². The van der Waals surface area contributed by atoms with Crippen LogP contribution >= 0.6 is 0 Å². The van der Waals surface area contributed by atoms with Gasteiger partial charge in [0.2, 0.25) is 0 Å². The van der Waals surface area contributed by atoms with Crippen LogP contribution in [0.4, 0.5) is 0 Å². The molecule has 1 rings (SSSR count). The lowest BCUT2D eigenvalue weighted by atomic mass is 10.1. The maximum absolute atomic E-state index is 11.3. The van der Waals surface area contributed by atoms with Gasteiger partial charge >= 0.3 is 0 Å². The van der Waals surface area contributed by atoms with E-state index in [1.807, 2.05) is 0 Å². The highest BCUT2D eigenvalue weighted by atomic mass is 16.1. The standard InChI is InChI=1S/C12H20O/c1-10(2)6-4-3-5-7-12(13)11-8-9-11/h6,11H,3-5,7-9H2,1-2H3. The van der Waals surface area contributed by atoms with Crippen LogP contribution in [-0.2, 0) is 4.79 Å². The minimum absolute atomic E-state index is 0.462. The summed E-state index contributed by atoms with van der Waals surface area (Å²) in [6.45, 7) is 4.24. The third kappa shape index (κ3) is 4.87. The molecular weight excluding hydrogens is 160 g/mol. The largest absolute Gasteiger partial charge is 0.299 e. The Morgan fingerprint density at radius 1 is 1.31 bits per heavy atom. The van der Waals surface area contributed by atoms with Crippen molar-refractivity contribution in [2.24, 2.45) is 5.92 Å². The highest BCUT2D eigenvalue weighted by Gasteiger charge is 2.28. The number of hydrogen-bond donors (Lipinski definition) is 0. The van der Waals surface area contributed by atoms with E-state index in [9.17, 15) is 4.79 Å². The van der Waals surface area contributed by atoms with E-state index in [2.05, 4.69) is 19.9 Å². The number of allylic oxidation sites excluding steroid dienone is 2. The van der Waals surface area contributed by atoms with Crippen molar-refractivity contribution in [3.63, 3.8) is 0 Å². The second-order valence-electron chi connectivity index (χ2n) is 4.27. The number of unbranched alkanes of at least 4 members (excludes halogenated alkanes) is 2. The average Bonchev–Trinajstić information content (AvgIpc) is 2.85. The molecule has 0 aliphatic heterocycles. The van der Waals surface area contributed by atoms with Gasteiger partial charge in [-0.3, -0.25) is 4.79 Å². The van der Waals surface area contributed by atoms with Crippen LogP contribution in [0.15, 0.2) is 11.6 Å². The Morgan fingerprint density at radius 3 is 2.54 bits per heavy atom. The van der Waals surface area contributed by atoms with E-state index >= 15 is 0 Å². The molecule has 1 aliphatic carbocycles. The van der Waals surface area contributed by atoms with Gasteiger partial charge in [-0.25, -0.2) is 0 Å². The van der Waals surface area contributed by atoms with Gasteiger partial charge in [0, 0.05) is 12.3 Å². The Labute approximate surface area is 81.2 Å². The molecule has 0 bridgehead atoms. The van der Waals surface area contributed by atoms with E-state index in [-0.39, 0.29) is 0 Å². The fourth-order valence-corrected chi connectivity index (χ4v) is 1.44. The summed E-state index contributed by atoms with van der Waals surface area (Å²) in [5.74, 6) is 0.973. The molecule has 0 spiro atoms. The third-order valence-electron chi connectivity index (χ3n) is 2.46. The predicted octanol–water partition coefficient (Wildman–Crippen LogP) is 3.49. The lowest BCUT2D eigenvalue weighted by molar-refractivity contribution is -0.120. The van der Waals surface area contributed by atoms with Crippen molar-refractivity contribution in [2.45, 2.75) is 52.4 Å². The summed E-state index contributed by atoms with van der Waals surface area (Å²) in [6.07, 6.45) is 8.78. The first kappa shape index (κ1) is 10.5. The van der Waals surface area contributed by atoms with Gasteiger partial charge in [0.05, 0.1) is 0 Å². The second-order valence-corrected chi connectivity index (χ2v) is 4.27. The number of carbonyl (C=O) groups excluding carboxylic acids is 1. The maximum atomic E-state index is 11.3. The van der Waals surface area contributed by atoms with Crippen LogP contribution in [0.5, 0.6) is 0 Å². The maximum Gasteiger partial charge on any atom is 0.135 e. The van der Waals surface area contributed by atoms with Crippen molar-refractivity contribution in [3.8, 4) is 0 Å². The second kappa shape index (κ2) is 5.21. The van der Waals surface area contributed by atoms with E-state index in [1.54, 1.807) is 0 Å². The summed E-state index contributed by atoms with van der Waals surface area (Å²) in [6, 6.07) is 0. The molecule has 0 atom stereocenters. The molecule has 0 aromatic carbocycles. The zero-order chi connectivity index (χ0) is 9.68. The third-order valence-corrected chi connectivity index (χ3v) is 2.46. The van der Waals surface area contributed by atoms with Gasteiger partial charge in [0.15, 0.2) is 0 Å². The average molecular weight is 180 g/mol. The molecule has 0 saturated heterocycles. The summed E-state index contributed by atoms with van der Waals surface area (Å²) < 4.78 is 0. The molecule has 13 heavy (non-hydrogen) atoms. The van der Waals surface area contributed by atoms with Crippen molar-refractivity contribution in [2.75, 3.05) is 0 Å². The van der Waals surface area contributed by atoms with Crippen LogP contribution in [-0.4, -0.2) is 5.78 Å². The number of rotatable bonds is 6. The molecule has 1 saturated carbocycles. The van der Waals surface area contributed by atoms with Crippen molar-refractivity contribution < 1.29 is 4.79 Å². The van der Waals surface area contributed by atoms with Gasteiger partial charge in [-0.05, 0) is 46.0 Å². The highest BCUT2D eigenvalue weighted by molar-refractivity contribution is 5.82. The SMILES string of the molecule is CC(C)=CCCCCC(=O)C1CC1. The van der Waals surface area contributed by atoms with Crippen LogP contribution < -0.4 is 0 Å². The van der Waals surface area contributed by atoms with Gasteiger partial charge in [-0.2, -0.15) is 0 Å². The molecular formula is C12H20O. The van der Waals surface area contributed by atoms with Crippen LogP contribution in [0, 0.1) is 5.92 Å². The highest BCUT2D eigenvalue weighted by Crippen LogP contribution is 2.31. The molecule has 0 heterocycles. The van der Waals surface area contributed by atoms with Gasteiger partial charge < -0.3 is 0 Å². The molecule has 74 valence electrons. The van der Waals surface area contributed by atoms with Crippen LogP contribution in [0.1, 0.15) is 52.4 Å². The summed E-state index contributed by atoms with van der Waals surface area (Å²) in [5.41, 5.74) is 1.38.